The fourth-order valence-corrected chi connectivity index (χ4v) is 3.78. The number of para-hydroxylation sites is 1. The Labute approximate surface area is 127 Å². The van der Waals surface area contributed by atoms with Crippen LogP contribution in [-0.4, -0.2) is 47.3 Å². The number of hydrogen-bond donors (Lipinski definition) is 1. The lowest BCUT2D eigenvalue weighted by molar-refractivity contribution is -0.143. The highest BCUT2D eigenvalue weighted by Crippen LogP contribution is 2.32. The number of ether oxygens (including phenoxy) is 1. The largest absolute Gasteiger partial charge is 0.481 e. The first-order valence-corrected chi connectivity index (χ1v) is 7.77. The summed E-state index contributed by atoms with van der Waals surface area (Å²) < 4.78 is 6.52. The predicted molar refractivity (Wildman–Crippen MR) is 81.5 cm³/mol. The molecule has 1 N–H and O–H groups in total. The van der Waals surface area contributed by atoms with Gasteiger partial charge in [0.05, 0.1) is 35.4 Å². The second-order valence-corrected chi connectivity index (χ2v) is 6.47. The van der Waals surface area contributed by atoms with E-state index in [4.69, 9.17) is 4.74 Å². The minimum atomic E-state index is -0.791. The van der Waals surface area contributed by atoms with Crippen LogP contribution in [0.5, 0.6) is 0 Å². The van der Waals surface area contributed by atoms with Crippen LogP contribution in [0.2, 0.25) is 0 Å². The summed E-state index contributed by atoms with van der Waals surface area (Å²) in [5, 5.41) is 10.3. The molecule has 112 valence electrons. The zero-order valence-corrected chi connectivity index (χ0v) is 12.8. The number of carbonyl (C=O) groups is 1. The standard InChI is InChI=1S/C15H18N2O3S/c1-9(14-16-11-5-3-4-6-13(11)21-14)17(2)12-8-20-7-10(12)15(18)19/h3-6,9-10,12H,7-8H2,1-2H3,(H,18,19). The van der Waals surface area contributed by atoms with Gasteiger partial charge in [0.2, 0.25) is 0 Å². The Morgan fingerprint density at radius 1 is 1.48 bits per heavy atom. The molecule has 21 heavy (non-hydrogen) atoms. The van der Waals surface area contributed by atoms with E-state index in [-0.39, 0.29) is 18.7 Å². The van der Waals surface area contributed by atoms with E-state index in [0.717, 1.165) is 15.2 Å². The second-order valence-electron chi connectivity index (χ2n) is 5.41. The highest BCUT2D eigenvalue weighted by atomic mass is 32.1. The summed E-state index contributed by atoms with van der Waals surface area (Å²) in [6, 6.07) is 8.00. The Bertz CT molecular complexity index is 624. The second kappa shape index (κ2) is 5.71. The SMILES string of the molecule is CC(c1nc2ccccc2s1)N(C)C1COCC1C(=O)O. The van der Waals surface area contributed by atoms with Crippen molar-refractivity contribution in [1.29, 1.82) is 0 Å². The third-order valence-corrected chi connectivity index (χ3v) is 5.38. The first-order valence-electron chi connectivity index (χ1n) is 6.96. The molecule has 0 aliphatic carbocycles. The zero-order chi connectivity index (χ0) is 15.0. The van der Waals surface area contributed by atoms with Crippen molar-refractivity contribution in [2.75, 3.05) is 20.3 Å². The van der Waals surface area contributed by atoms with Gasteiger partial charge in [-0.2, -0.15) is 0 Å². The molecule has 0 bridgehead atoms. The van der Waals surface area contributed by atoms with Crippen LogP contribution in [0, 0.1) is 5.92 Å². The third-order valence-electron chi connectivity index (χ3n) is 4.17. The van der Waals surface area contributed by atoms with Crippen molar-refractivity contribution in [3.8, 4) is 0 Å². The molecule has 2 heterocycles. The number of hydrogen-bond acceptors (Lipinski definition) is 5. The number of carboxylic acids is 1. The zero-order valence-electron chi connectivity index (χ0n) is 12.0. The molecule has 1 aromatic heterocycles. The van der Waals surface area contributed by atoms with E-state index in [1.54, 1.807) is 11.3 Å². The molecule has 0 radical (unpaired) electrons. The van der Waals surface area contributed by atoms with Gasteiger partial charge < -0.3 is 9.84 Å². The van der Waals surface area contributed by atoms with Crippen LogP contribution >= 0.6 is 11.3 Å². The Balaban J connectivity index is 1.83. The van der Waals surface area contributed by atoms with Crippen LogP contribution in [0.1, 0.15) is 18.0 Å². The van der Waals surface area contributed by atoms with Crippen LogP contribution in [0.3, 0.4) is 0 Å². The molecule has 1 aromatic carbocycles. The van der Waals surface area contributed by atoms with Crippen molar-refractivity contribution in [2.24, 2.45) is 5.92 Å². The number of fused-ring (bicyclic) bond motifs is 1. The average molecular weight is 306 g/mol. The molecule has 6 heteroatoms. The maximum Gasteiger partial charge on any atom is 0.310 e. The third kappa shape index (κ3) is 2.66. The lowest BCUT2D eigenvalue weighted by atomic mass is 10.0. The van der Waals surface area contributed by atoms with Crippen LogP contribution in [0.15, 0.2) is 24.3 Å². The molecule has 1 fully saturated rings. The Morgan fingerprint density at radius 3 is 2.95 bits per heavy atom. The minimum Gasteiger partial charge on any atom is -0.481 e. The van der Waals surface area contributed by atoms with Gasteiger partial charge in [-0.1, -0.05) is 12.1 Å². The van der Waals surface area contributed by atoms with E-state index in [9.17, 15) is 9.90 Å². The van der Waals surface area contributed by atoms with Crippen LogP contribution < -0.4 is 0 Å². The molecule has 0 amide bonds. The van der Waals surface area contributed by atoms with Crippen LogP contribution in [0.4, 0.5) is 0 Å². The quantitative estimate of drug-likeness (QED) is 0.939. The summed E-state index contributed by atoms with van der Waals surface area (Å²) >= 11 is 1.66. The van der Waals surface area contributed by atoms with E-state index >= 15 is 0 Å². The number of thiazole rings is 1. The van der Waals surface area contributed by atoms with E-state index < -0.39 is 11.9 Å². The molecule has 1 saturated heterocycles. The topological polar surface area (TPSA) is 62.7 Å². The smallest absolute Gasteiger partial charge is 0.310 e. The normalized spacial score (nSPS) is 23.8. The van der Waals surface area contributed by atoms with Crippen molar-refractivity contribution in [3.05, 3.63) is 29.3 Å². The summed E-state index contributed by atoms with van der Waals surface area (Å²) in [6.07, 6.45) is 0. The summed E-state index contributed by atoms with van der Waals surface area (Å²) in [4.78, 5) is 18.0. The molecular formula is C15H18N2O3S. The Morgan fingerprint density at radius 2 is 2.24 bits per heavy atom. The number of benzene rings is 1. The first-order chi connectivity index (χ1) is 10.1. The van der Waals surface area contributed by atoms with Crippen molar-refractivity contribution in [3.63, 3.8) is 0 Å². The number of aromatic nitrogens is 1. The van der Waals surface area contributed by atoms with E-state index in [0.29, 0.717) is 6.61 Å². The molecule has 3 atom stereocenters. The highest BCUT2D eigenvalue weighted by Gasteiger charge is 2.38. The van der Waals surface area contributed by atoms with E-state index in [1.807, 2.05) is 25.2 Å². The van der Waals surface area contributed by atoms with Gasteiger partial charge in [-0.05, 0) is 26.1 Å². The summed E-state index contributed by atoms with van der Waals surface area (Å²) in [6.45, 7) is 2.81. The number of likely N-dealkylation sites (N-methyl/N-ethyl adjacent to an activating group) is 1. The van der Waals surface area contributed by atoms with Gasteiger partial charge in [-0.25, -0.2) is 4.98 Å². The van der Waals surface area contributed by atoms with Crippen LogP contribution in [0.25, 0.3) is 10.2 Å². The van der Waals surface area contributed by atoms with Gasteiger partial charge in [0.25, 0.3) is 0 Å². The number of carboxylic acid groups (broad SMARTS) is 1. The van der Waals surface area contributed by atoms with E-state index in [2.05, 4.69) is 22.9 Å². The molecule has 3 unspecified atom stereocenters. The molecule has 1 aliphatic rings. The molecule has 0 saturated carbocycles. The Hall–Kier alpha value is -1.50. The minimum absolute atomic E-state index is 0.0657. The number of aliphatic carboxylic acids is 1. The predicted octanol–water partition coefficient (Wildman–Crippen LogP) is 2.39. The van der Waals surface area contributed by atoms with Crippen molar-refractivity contribution in [1.82, 2.24) is 9.88 Å². The molecule has 0 spiro atoms. The van der Waals surface area contributed by atoms with Gasteiger partial charge in [0.1, 0.15) is 5.01 Å². The summed E-state index contributed by atoms with van der Waals surface area (Å²) in [5.41, 5.74) is 0.996. The van der Waals surface area contributed by atoms with Crippen molar-refractivity contribution in [2.45, 2.75) is 19.0 Å². The number of nitrogens with zero attached hydrogens (tertiary/aromatic N) is 2. The van der Waals surface area contributed by atoms with E-state index in [1.165, 1.54) is 0 Å². The molecule has 2 aromatic rings. The van der Waals surface area contributed by atoms with Gasteiger partial charge in [-0.15, -0.1) is 11.3 Å². The van der Waals surface area contributed by atoms with Crippen molar-refractivity contribution >= 4 is 27.5 Å². The molecule has 1 aliphatic heterocycles. The fraction of sp³-hybridized carbons (Fsp3) is 0.467. The lowest BCUT2D eigenvalue weighted by Crippen LogP contribution is -2.42. The van der Waals surface area contributed by atoms with Crippen LogP contribution in [-0.2, 0) is 9.53 Å². The maximum absolute atomic E-state index is 11.3. The monoisotopic (exact) mass is 306 g/mol. The van der Waals surface area contributed by atoms with Gasteiger partial charge in [0.15, 0.2) is 0 Å². The van der Waals surface area contributed by atoms with Gasteiger partial charge in [0, 0.05) is 6.04 Å². The lowest BCUT2D eigenvalue weighted by Gasteiger charge is -2.30. The maximum atomic E-state index is 11.3. The summed E-state index contributed by atoms with van der Waals surface area (Å²) in [5.74, 6) is -1.26. The summed E-state index contributed by atoms with van der Waals surface area (Å²) in [7, 11) is 1.95. The van der Waals surface area contributed by atoms with Crippen molar-refractivity contribution < 1.29 is 14.6 Å². The highest BCUT2D eigenvalue weighted by molar-refractivity contribution is 7.18. The average Bonchev–Trinajstić information content (AvgIpc) is 3.11. The fourth-order valence-electron chi connectivity index (χ4n) is 2.71. The molecule has 5 nitrogen and oxygen atoms in total. The number of rotatable bonds is 4. The first kappa shape index (κ1) is 14.4. The van der Waals surface area contributed by atoms with Gasteiger partial charge >= 0.3 is 5.97 Å². The molecular weight excluding hydrogens is 288 g/mol. The Kier molecular flexibility index (Phi) is 3.93. The molecule has 3 rings (SSSR count). The van der Waals surface area contributed by atoms with Gasteiger partial charge in [-0.3, -0.25) is 9.69 Å².